The monoisotopic (exact) mass is 497 g/mol. The number of nitrogens with one attached hydrogen (secondary N) is 2. The summed E-state index contributed by atoms with van der Waals surface area (Å²) < 4.78 is 38.4. The van der Waals surface area contributed by atoms with Crippen molar-refractivity contribution in [2.75, 3.05) is 13.4 Å². The predicted molar refractivity (Wildman–Crippen MR) is 135 cm³/mol. The molecule has 10 heteroatoms. The Kier molecular flexibility index (Phi) is 6.20. The molecule has 4 rings (SSSR count). The molecule has 2 aromatic heterocycles. The van der Waals surface area contributed by atoms with E-state index in [-0.39, 0.29) is 12.0 Å². The molecule has 2 aromatic carbocycles. The lowest BCUT2D eigenvalue weighted by Gasteiger charge is -2.25. The Morgan fingerprint density at radius 1 is 1.11 bits per heavy atom. The third-order valence-corrected chi connectivity index (χ3v) is 6.35. The second-order valence-corrected chi connectivity index (χ2v) is 11.2. The number of aromatic amines is 1. The number of sulfonamides is 1. The van der Waals surface area contributed by atoms with Crippen molar-refractivity contribution in [1.29, 1.82) is 0 Å². The highest BCUT2D eigenvalue weighted by molar-refractivity contribution is 7.88. The molecule has 35 heavy (non-hydrogen) atoms. The number of H-pyrrole nitrogens is 1. The highest BCUT2D eigenvalue weighted by atomic mass is 32.2. The first-order valence-corrected chi connectivity index (χ1v) is 12.8. The van der Waals surface area contributed by atoms with E-state index in [0.717, 1.165) is 28.3 Å². The molecule has 0 spiro atoms. The number of fused-ring (bicyclic) bond motifs is 1. The van der Waals surface area contributed by atoms with E-state index in [1.807, 2.05) is 51.1 Å². The maximum Gasteiger partial charge on any atom is 0.332 e. The van der Waals surface area contributed by atoms with Crippen molar-refractivity contribution >= 4 is 21.0 Å². The summed E-state index contributed by atoms with van der Waals surface area (Å²) in [5.74, 6) is 0.656. The first kappa shape index (κ1) is 24.5. The molecule has 0 aliphatic carbocycles. The number of aromatic nitrogens is 2. The summed E-state index contributed by atoms with van der Waals surface area (Å²) in [5.41, 5.74) is 2.94. The van der Waals surface area contributed by atoms with E-state index >= 15 is 0 Å². The SMILES string of the molecule is COc1c(-c2ccc3c(CNS(C)(=O)=O)coc3c2)cc(-n2ccc(=O)[nH]c2=O)cc1C(C)(C)C. The molecule has 0 saturated carbocycles. The normalized spacial score (nSPS) is 12.3. The molecular weight excluding hydrogens is 470 g/mol. The molecule has 0 atom stereocenters. The Balaban J connectivity index is 1.91. The average Bonchev–Trinajstić information content (AvgIpc) is 3.18. The fraction of sp³-hybridized carbons (Fsp3) is 0.280. The minimum atomic E-state index is -3.34. The first-order chi connectivity index (χ1) is 16.4. The number of hydrogen-bond donors (Lipinski definition) is 2. The Hall–Kier alpha value is -3.63. The molecular formula is C25H27N3O6S. The molecule has 0 amide bonds. The van der Waals surface area contributed by atoms with Gasteiger partial charge in [-0.25, -0.2) is 17.9 Å². The maximum absolute atomic E-state index is 12.5. The van der Waals surface area contributed by atoms with Crippen LogP contribution in [-0.2, 0) is 22.0 Å². The number of hydrogen-bond acceptors (Lipinski definition) is 6. The minimum absolute atomic E-state index is 0.118. The van der Waals surface area contributed by atoms with Crippen LogP contribution in [0.4, 0.5) is 0 Å². The molecule has 0 aliphatic rings. The van der Waals surface area contributed by atoms with Crippen LogP contribution in [0.15, 0.2) is 62.9 Å². The van der Waals surface area contributed by atoms with Crippen molar-refractivity contribution in [3.63, 3.8) is 0 Å². The van der Waals surface area contributed by atoms with Gasteiger partial charge in [0, 0.05) is 40.9 Å². The summed E-state index contributed by atoms with van der Waals surface area (Å²) >= 11 is 0. The predicted octanol–water partition coefficient (Wildman–Crippen LogP) is 3.29. The molecule has 184 valence electrons. The number of rotatable bonds is 6. The van der Waals surface area contributed by atoms with Crippen molar-refractivity contribution < 1.29 is 17.6 Å². The number of methoxy groups -OCH3 is 1. The second kappa shape index (κ2) is 8.86. The van der Waals surface area contributed by atoms with Gasteiger partial charge in [-0.3, -0.25) is 14.3 Å². The van der Waals surface area contributed by atoms with Crippen LogP contribution in [-0.4, -0.2) is 31.3 Å². The van der Waals surface area contributed by atoms with Crippen LogP contribution in [0.3, 0.4) is 0 Å². The second-order valence-electron chi connectivity index (χ2n) is 9.37. The molecule has 2 heterocycles. The van der Waals surface area contributed by atoms with Gasteiger partial charge in [-0.2, -0.15) is 0 Å². The molecule has 4 aromatic rings. The summed E-state index contributed by atoms with van der Waals surface area (Å²) in [5, 5.41) is 0.785. The summed E-state index contributed by atoms with van der Waals surface area (Å²) in [6.07, 6.45) is 4.07. The molecule has 0 unspecified atom stereocenters. The largest absolute Gasteiger partial charge is 0.496 e. The van der Waals surface area contributed by atoms with Crippen LogP contribution in [0.1, 0.15) is 31.9 Å². The average molecular weight is 498 g/mol. The highest BCUT2D eigenvalue weighted by Crippen LogP contribution is 2.42. The Morgan fingerprint density at radius 3 is 2.49 bits per heavy atom. The van der Waals surface area contributed by atoms with Crippen LogP contribution in [0.25, 0.3) is 27.8 Å². The van der Waals surface area contributed by atoms with Crippen molar-refractivity contribution in [2.24, 2.45) is 0 Å². The number of ether oxygens (including phenoxy) is 1. The fourth-order valence-corrected chi connectivity index (χ4v) is 4.38. The van der Waals surface area contributed by atoms with Gasteiger partial charge in [-0.15, -0.1) is 0 Å². The van der Waals surface area contributed by atoms with Gasteiger partial charge in [0.05, 0.1) is 25.3 Å². The Bertz CT molecular complexity index is 1640. The molecule has 0 saturated heterocycles. The van der Waals surface area contributed by atoms with E-state index in [2.05, 4.69) is 9.71 Å². The summed E-state index contributed by atoms with van der Waals surface area (Å²) in [4.78, 5) is 26.4. The fourth-order valence-electron chi connectivity index (χ4n) is 3.96. The standard InChI is InChI=1S/C25H27N3O6S/c1-25(2,3)20-12-17(28-9-8-22(29)27-24(28)30)11-19(23(20)33-4)15-6-7-18-16(13-26-35(5,31)32)14-34-21(18)10-15/h6-12,14,26H,13H2,1-5H3,(H,27,29,30). The van der Waals surface area contributed by atoms with Crippen LogP contribution >= 0.6 is 0 Å². The molecule has 2 N–H and O–H groups in total. The van der Waals surface area contributed by atoms with Crippen LogP contribution in [0.2, 0.25) is 0 Å². The Morgan fingerprint density at radius 2 is 1.86 bits per heavy atom. The van der Waals surface area contributed by atoms with Crippen molar-refractivity contribution in [2.45, 2.75) is 32.7 Å². The van der Waals surface area contributed by atoms with Gasteiger partial charge in [0.2, 0.25) is 10.0 Å². The van der Waals surface area contributed by atoms with Gasteiger partial charge in [-0.05, 0) is 29.2 Å². The van der Waals surface area contributed by atoms with E-state index in [9.17, 15) is 18.0 Å². The third kappa shape index (κ3) is 5.08. The van der Waals surface area contributed by atoms with Gasteiger partial charge < -0.3 is 9.15 Å². The zero-order valence-electron chi connectivity index (χ0n) is 20.1. The molecule has 9 nitrogen and oxygen atoms in total. The van der Waals surface area contributed by atoms with E-state index in [1.54, 1.807) is 7.11 Å². The lowest BCUT2D eigenvalue weighted by molar-refractivity contribution is 0.399. The lowest BCUT2D eigenvalue weighted by Crippen LogP contribution is -2.27. The topological polar surface area (TPSA) is 123 Å². The summed E-state index contributed by atoms with van der Waals surface area (Å²) in [6, 6.07) is 10.6. The lowest BCUT2D eigenvalue weighted by atomic mass is 9.83. The molecule has 0 radical (unpaired) electrons. The molecule has 0 aliphatic heterocycles. The highest BCUT2D eigenvalue weighted by Gasteiger charge is 2.24. The molecule has 0 fully saturated rings. The van der Waals surface area contributed by atoms with Crippen LogP contribution in [0, 0.1) is 0 Å². The van der Waals surface area contributed by atoms with E-state index in [1.165, 1.54) is 23.1 Å². The van der Waals surface area contributed by atoms with Gasteiger partial charge >= 0.3 is 5.69 Å². The van der Waals surface area contributed by atoms with E-state index in [4.69, 9.17) is 9.15 Å². The molecule has 0 bridgehead atoms. The smallest absolute Gasteiger partial charge is 0.332 e. The summed E-state index contributed by atoms with van der Waals surface area (Å²) in [7, 11) is -1.75. The van der Waals surface area contributed by atoms with Gasteiger partial charge in [-0.1, -0.05) is 32.9 Å². The van der Waals surface area contributed by atoms with Gasteiger partial charge in [0.1, 0.15) is 11.3 Å². The van der Waals surface area contributed by atoms with Crippen LogP contribution in [0.5, 0.6) is 5.75 Å². The van der Waals surface area contributed by atoms with E-state index in [0.29, 0.717) is 22.6 Å². The minimum Gasteiger partial charge on any atom is -0.496 e. The number of benzene rings is 2. The maximum atomic E-state index is 12.5. The van der Waals surface area contributed by atoms with Crippen molar-refractivity contribution in [3.05, 3.63) is 80.8 Å². The van der Waals surface area contributed by atoms with E-state index < -0.39 is 21.3 Å². The zero-order valence-corrected chi connectivity index (χ0v) is 20.9. The Labute approximate surface area is 202 Å². The van der Waals surface area contributed by atoms with Crippen LogP contribution < -0.4 is 20.7 Å². The zero-order chi connectivity index (χ0) is 25.5. The number of nitrogens with zero attached hydrogens (tertiary/aromatic N) is 1. The van der Waals surface area contributed by atoms with Gasteiger partial charge in [0.15, 0.2) is 0 Å². The summed E-state index contributed by atoms with van der Waals surface area (Å²) in [6.45, 7) is 6.26. The third-order valence-electron chi connectivity index (χ3n) is 5.68. The van der Waals surface area contributed by atoms with Crippen molar-refractivity contribution in [3.8, 4) is 22.6 Å². The van der Waals surface area contributed by atoms with Crippen molar-refractivity contribution in [1.82, 2.24) is 14.3 Å². The number of furan rings is 1. The quantitative estimate of drug-likeness (QED) is 0.421. The first-order valence-electron chi connectivity index (χ1n) is 10.9. The van der Waals surface area contributed by atoms with Gasteiger partial charge in [0.25, 0.3) is 5.56 Å².